The first-order chi connectivity index (χ1) is 10.3. The predicted octanol–water partition coefficient (Wildman–Crippen LogP) is 1.56. The standard InChI is InChI=1S/C15H15N5O/c21-15-6-11(20-12(8-17-15)9-18-19-20)5-10-7-16-14-4-2-1-3-13(10)14/h1-4,7,9,11,16H,5-6,8H2,(H,17,21)/t11-/m1/s1. The van der Waals surface area contributed by atoms with Gasteiger partial charge in [-0.15, -0.1) is 5.10 Å². The molecule has 1 aliphatic rings. The summed E-state index contributed by atoms with van der Waals surface area (Å²) in [7, 11) is 0. The third-order valence-electron chi connectivity index (χ3n) is 4.01. The van der Waals surface area contributed by atoms with Crippen molar-refractivity contribution in [2.45, 2.75) is 25.4 Å². The fourth-order valence-electron chi connectivity index (χ4n) is 2.97. The van der Waals surface area contributed by atoms with Crippen molar-refractivity contribution in [1.29, 1.82) is 0 Å². The van der Waals surface area contributed by atoms with Gasteiger partial charge in [0.05, 0.1) is 24.5 Å². The number of carbonyl (C=O) groups is 1. The molecular weight excluding hydrogens is 266 g/mol. The highest BCUT2D eigenvalue weighted by atomic mass is 16.1. The Hall–Kier alpha value is -2.63. The van der Waals surface area contributed by atoms with Gasteiger partial charge in [0.2, 0.25) is 5.91 Å². The Morgan fingerprint density at radius 1 is 1.33 bits per heavy atom. The van der Waals surface area contributed by atoms with Crippen molar-refractivity contribution < 1.29 is 4.79 Å². The zero-order chi connectivity index (χ0) is 14.2. The first-order valence-corrected chi connectivity index (χ1v) is 7.02. The molecule has 1 aliphatic heterocycles. The molecule has 106 valence electrons. The van der Waals surface area contributed by atoms with Crippen molar-refractivity contribution in [1.82, 2.24) is 25.3 Å². The van der Waals surface area contributed by atoms with Crippen LogP contribution in [0.4, 0.5) is 0 Å². The number of hydrogen-bond donors (Lipinski definition) is 2. The number of H-pyrrole nitrogens is 1. The fraction of sp³-hybridized carbons (Fsp3) is 0.267. The van der Waals surface area contributed by atoms with Crippen LogP contribution in [0.5, 0.6) is 0 Å². The molecule has 1 aromatic carbocycles. The summed E-state index contributed by atoms with van der Waals surface area (Å²) < 4.78 is 1.87. The molecule has 0 saturated carbocycles. The minimum absolute atomic E-state index is 0.00389. The van der Waals surface area contributed by atoms with E-state index in [1.807, 2.05) is 23.0 Å². The van der Waals surface area contributed by atoms with Gasteiger partial charge in [-0.05, 0) is 18.1 Å². The van der Waals surface area contributed by atoms with Gasteiger partial charge < -0.3 is 10.3 Å². The van der Waals surface area contributed by atoms with Gasteiger partial charge in [-0.3, -0.25) is 4.79 Å². The smallest absolute Gasteiger partial charge is 0.222 e. The summed E-state index contributed by atoms with van der Waals surface area (Å²) in [6, 6.07) is 8.20. The van der Waals surface area contributed by atoms with Crippen molar-refractivity contribution >= 4 is 16.8 Å². The molecule has 6 heteroatoms. The van der Waals surface area contributed by atoms with Crippen molar-refractivity contribution in [3.05, 3.63) is 47.9 Å². The first kappa shape index (κ1) is 12.1. The van der Waals surface area contributed by atoms with Gasteiger partial charge in [0.15, 0.2) is 0 Å². The molecule has 0 unspecified atom stereocenters. The summed E-state index contributed by atoms with van der Waals surface area (Å²) >= 11 is 0. The molecular formula is C15H15N5O. The molecule has 3 aromatic rings. The van der Waals surface area contributed by atoms with E-state index in [1.54, 1.807) is 6.20 Å². The number of hydrogen-bond acceptors (Lipinski definition) is 3. The van der Waals surface area contributed by atoms with Crippen LogP contribution in [-0.2, 0) is 17.8 Å². The van der Waals surface area contributed by atoms with Gasteiger partial charge in [0, 0.05) is 23.5 Å². The van der Waals surface area contributed by atoms with E-state index in [0.29, 0.717) is 13.0 Å². The Kier molecular flexibility index (Phi) is 2.73. The second kappa shape index (κ2) is 4.73. The number of benzene rings is 1. The van der Waals surface area contributed by atoms with E-state index in [4.69, 9.17) is 0 Å². The lowest BCUT2D eigenvalue weighted by Gasteiger charge is -2.14. The minimum atomic E-state index is 0.00389. The normalized spacial score (nSPS) is 18.3. The van der Waals surface area contributed by atoms with Gasteiger partial charge in [-0.1, -0.05) is 23.4 Å². The summed E-state index contributed by atoms with van der Waals surface area (Å²) in [6.07, 6.45) is 4.92. The molecule has 0 fully saturated rings. The average molecular weight is 281 g/mol. The van der Waals surface area contributed by atoms with Crippen LogP contribution in [0.25, 0.3) is 10.9 Å². The zero-order valence-corrected chi connectivity index (χ0v) is 11.4. The molecule has 0 aliphatic carbocycles. The van der Waals surface area contributed by atoms with Crippen molar-refractivity contribution in [3.63, 3.8) is 0 Å². The first-order valence-electron chi connectivity index (χ1n) is 7.02. The minimum Gasteiger partial charge on any atom is -0.361 e. The predicted molar refractivity (Wildman–Crippen MR) is 77.5 cm³/mol. The molecule has 6 nitrogen and oxygen atoms in total. The van der Waals surface area contributed by atoms with Crippen LogP contribution in [-0.4, -0.2) is 25.9 Å². The van der Waals surface area contributed by atoms with E-state index in [2.05, 4.69) is 32.7 Å². The molecule has 1 atom stereocenters. The molecule has 2 aromatic heterocycles. The Morgan fingerprint density at radius 2 is 2.24 bits per heavy atom. The number of rotatable bonds is 2. The van der Waals surface area contributed by atoms with Crippen LogP contribution < -0.4 is 5.32 Å². The maximum atomic E-state index is 11.9. The van der Waals surface area contributed by atoms with E-state index >= 15 is 0 Å². The van der Waals surface area contributed by atoms with Gasteiger partial charge in [0.1, 0.15) is 0 Å². The van der Waals surface area contributed by atoms with Gasteiger partial charge in [-0.2, -0.15) is 0 Å². The van der Waals surface area contributed by atoms with Crippen molar-refractivity contribution in [3.8, 4) is 0 Å². The number of para-hydroxylation sites is 1. The molecule has 4 rings (SSSR count). The highest BCUT2D eigenvalue weighted by molar-refractivity contribution is 5.83. The highest BCUT2D eigenvalue weighted by Crippen LogP contribution is 2.26. The lowest BCUT2D eigenvalue weighted by molar-refractivity contribution is -0.121. The lowest BCUT2D eigenvalue weighted by atomic mass is 10.0. The summed E-state index contributed by atoms with van der Waals surface area (Å²) in [5.74, 6) is 0.0605. The van der Waals surface area contributed by atoms with Gasteiger partial charge in [0.25, 0.3) is 0 Å². The second-order valence-electron chi connectivity index (χ2n) is 5.37. The van der Waals surface area contributed by atoms with Crippen LogP contribution in [0.1, 0.15) is 23.7 Å². The third kappa shape index (κ3) is 2.08. The maximum absolute atomic E-state index is 11.9. The molecule has 21 heavy (non-hydrogen) atoms. The SMILES string of the molecule is O=C1C[C@@H](Cc2c[nH]c3ccccc23)n2nncc2CN1. The quantitative estimate of drug-likeness (QED) is 0.748. The highest BCUT2D eigenvalue weighted by Gasteiger charge is 2.24. The van der Waals surface area contributed by atoms with Gasteiger partial charge in [-0.25, -0.2) is 4.68 Å². The van der Waals surface area contributed by atoms with Crippen LogP contribution in [0.3, 0.4) is 0 Å². The Labute approximate surface area is 121 Å². The zero-order valence-electron chi connectivity index (χ0n) is 11.4. The molecule has 0 radical (unpaired) electrons. The Balaban J connectivity index is 1.71. The van der Waals surface area contributed by atoms with Crippen LogP contribution in [0, 0.1) is 0 Å². The van der Waals surface area contributed by atoms with Gasteiger partial charge >= 0.3 is 0 Å². The average Bonchev–Trinajstić information content (AvgIpc) is 3.08. The third-order valence-corrected chi connectivity index (χ3v) is 4.01. The Bertz CT molecular complexity index is 803. The summed E-state index contributed by atoms with van der Waals surface area (Å²) in [5, 5.41) is 12.2. The monoisotopic (exact) mass is 281 g/mol. The molecule has 2 N–H and O–H groups in total. The topological polar surface area (TPSA) is 75.6 Å². The Morgan fingerprint density at radius 3 is 3.19 bits per heavy atom. The molecule has 0 saturated heterocycles. The maximum Gasteiger partial charge on any atom is 0.222 e. The summed E-state index contributed by atoms with van der Waals surface area (Å²) in [6.45, 7) is 0.496. The number of fused-ring (bicyclic) bond motifs is 2. The number of aromatic amines is 1. The van der Waals surface area contributed by atoms with Crippen LogP contribution >= 0.6 is 0 Å². The van der Waals surface area contributed by atoms with Crippen LogP contribution in [0.15, 0.2) is 36.7 Å². The van der Waals surface area contributed by atoms with Crippen molar-refractivity contribution in [2.75, 3.05) is 0 Å². The number of nitrogens with zero attached hydrogens (tertiary/aromatic N) is 3. The van der Waals surface area contributed by atoms with E-state index < -0.39 is 0 Å². The molecule has 1 amide bonds. The van der Waals surface area contributed by atoms with E-state index in [1.165, 1.54) is 10.9 Å². The largest absolute Gasteiger partial charge is 0.361 e. The molecule has 3 heterocycles. The van der Waals surface area contributed by atoms with Crippen LogP contribution in [0.2, 0.25) is 0 Å². The number of amides is 1. The number of carbonyl (C=O) groups excluding carboxylic acids is 1. The van der Waals surface area contributed by atoms with E-state index in [-0.39, 0.29) is 11.9 Å². The molecule has 0 spiro atoms. The van der Waals surface area contributed by atoms with E-state index in [0.717, 1.165) is 17.6 Å². The summed E-state index contributed by atoms with van der Waals surface area (Å²) in [4.78, 5) is 15.1. The summed E-state index contributed by atoms with van der Waals surface area (Å²) in [5.41, 5.74) is 3.27. The van der Waals surface area contributed by atoms with Crippen molar-refractivity contribution in [2.24, 2.45) is 0 Å². The fourth-order valence-corrected chi connectivity index (χ4v) is 2.97. The number of nitrogens with one attached hydrogen (secondary N) is 2. The van der Waals surface area contributed by atoms with E-state index in [9.17, 15) is 4.79 Å². The number of aromatic nitrogens is 4. The second-order valence-corrected chi connectivity index (χ2v) is 5.37. The molecule has 0 bridgehead atoms. The lowest BCUT2D eigenvalue weighted by Crippen LogP contribution is -2.22.